The van der Waals surface area contributed by atoms with Crippen molar-refractivity contribution >= 4 is 0 Å². The van der Waals surface area contributed by atoms with Crippen molar-refractivity contribution in [3.63, 3.8) is 0 Å². The Balaban J connectivity index is 3.48. The van der Waals surface area contributed by atoms with E-state index in [1.54, 1.807) is 0 Å². The Kier molecular flexibility index (Phi) is 6.18. The van der Waals surface area contributed by atoms with E-state index in [4.69, 9.17) is 5.73 Å². The van der Waals surface area contributed by atoms with Crippen molar-refractivity contribution in [3.8, 4) is 0 Å². The summed E-state index contributed by atoms with van der Waals surface area (Å²) in [7, 11) is 0. The maximum atomic E-state index is 5.57. The van der Waals surface area contributed by atoms with Gasteiger partial charge >= 0.3 is 0 Å². The molecule has 0 fully saturated rings. The number of nitrogens with two attached hydrogens (primary N) is 1. The molecule has 2 heteroatoms. The average Bonchev–Trinajstić information content (AvgIpc) is 1.97. The molecule has 0 aliphatic rings. The van der Waals surface area contributed by atoms with E-state index in [1.165, 1.54) is 0 Å². The summed E-state index contributed by atoms with van der Waals surface area (Å²) in [5, 5.41) is 3.31. The van der Waals surface area contributed by atoms with Crippen LogP contribution in [-0.2, 0) is 0 Å². The van der Waals surface area contributed by atoms with Crippen molar-refractivity contribution in [3.05, 3.63) is 12.7 Å². The highest BCUT2D eigenvalue weighted by Crippen LogP contribution is 2.02. The normalized spacial score (nSPS) is 13.5. The Labute approximate surface area is 69.9 Å². The van der Waals surface area contributed by atoms with Gasteiger partial charge in [0.05, 0.1) is 0 Å². The molecule has 0 amide bonds. The first-order valence-corrected chi connectivity index (χ1v) is 4.25. The number of hydrogen-bond donors (Lipinski definition) is 2. The molecule has 0 radical (unpaired) electrons. The van der Waals surface area contributed by atoms with Crippen LogP contribution in [-0.4, -0.2) is 19.1 Å². The molecule has 0 rings (SSSR count). The SMILES string of the molecule is C=CCNC(CN)CC(C)C. The largest absolute Gasteiger partial charge is 0.329 e. The fourth-order valence-electron chi connectivity index (χ4n) is 1.08. The van der Waals surface area contributed by atoms with Crippen LogP contribution in [0.25, 0.3) is 0 Å². The van der Waals surface area contributed by atoms with Crippen LogP contribution in [0.15, 0.2) is 12.7 Å². The van der Waals surface area contributed by atoms with Gasteiger partial charge in [-0.3, -0.25) is 0 Å². The summed E-state index contributed by atoms with van der Waals surface area (Å²) in [5.41, 5.74) is 5.57. The van der Waals surface area contributed by atoms with Gasteiger partial charge in [0.2, 0.25) is 0 Å². The van der Waals surface area contributed by atoms with Gasteiger partial charge in [0, 0.05) is 19.1 Å². The summed E-state index contributed by atoms with van der Waals surface area (Å²) in [5.74, 6) is 0.709. The molecule has 66 valence electrons. The van der Waals surface area contributed by atoms with Crippen molar-refractivity contribution < 1.29 is 0 Å². The first-order valence-electron chi connectivity index (χ1n) is 4.25. The molecular weight excluding hydrogens is 136 g/mol. The quantitative estimate of drug-likeness (QED) is 0.566. The van der Waals surface area contributed by atoms with E-state index in [9.17, 15) is 0 Å². The predicted octanol–water partition coefficient (Wildman–Crippen LogP) is 1.14. The molecule has 0 spiro atoms. The molecule has 0 aliphatic carbocycles. The maximum absolute atomic E-state index is 5.57. The van der Waals surface area contributed by atoms with Crippen LogP contribution in [0.3, 0.4) is 0 Å². The highest BCUT2D eigenvalue weighted by Gasteiger charge is 2.06. The maximum Gasteiger partial charge on any atom is 0.0195 e. The molecule has 0 saturated carbocycles. The third-order valence-corrected chi connectivity index (χ3v) is 1.59. The van der Waals surface area contributed by atoms with Gasteiger partial charge in [0.1, 0.15) is 0 Å². The third-order valence-electron chi connectivity index (χ3n) is 1.59. The number of hydrogen-bond acceptors (Lipinski definition) is 2. The Morgan fingerprint density at radius 3 is 2.55 bits per heavy atom. The van der Waals surface area contributed by atoms with Crippen molar-refractivity contribution in [2.24, 2.45) is 11.7 Å². The van der Waals surface area contributed by atoms with Crippen LogP contribution in [0.5, 0.6) is 0 Å². The van der Waals surface area contributed by atoms with Crippen molar-refractivity contribution in [1.82, 2.24) is 5.32 Å². The molecule has 0 aromatic rings. The van der Waals surface area contributed by atoms with E-state index >= 15 is 0 Å². The molecule has 0 aliphatic heterocycles. The van der Waals surface area contributed by atoms with Crippen molar-refractivity contribution in [2.75, 3.05) is 13.1 Å². The zero-order chi connectivity index (χ0) is 8.69. The smallest absolute Gasteiger partial charge is 0.0195 e. The van der Waals surface area contributed by atoms with Gasteiger partial charge in [0.25, 0.3) is 0 Å². The van der Waals surface area contributed by atoms with E-state index in [-0.39, 0.29) is 0 Å². The van der Waals surface area contributed by atoms with Crippen molar-refractivity contribution in [1.29, 1.82) is 0 Å². The molecule has 0 aromatic carbocycles. The molecule has 0 bridgehead atoms. The van der Waals surface area contributed by atoms with Gasteiger partial charge in [-0.05, 0) is 12.3 Å². The highest BCUT2D eigenvalue weighted by atomic mass is 14.9. The van der Waals surface area contributed by atoms with Crippen LogP contribution in [0, 0.1) is 5.92 Å². The Morgan fingerprint density at radius 2 is 2.18 bits per heavy atom. The summed E-state index contributed by atoms with van der Waals surface area (Å²) in [4.78, 5) is 0. The molecule has 0 aromatic heterocycles. The van der Waals surface area contributed by atoms with Gasteiger partial charge in [-0.1, -0.05) is 19.9 Å². The molecular formula is C9H20N2. The molecule has 1 atom stereocenters. The van der Waals surface area contributed by atoms with Crippen molar-refractivity contribution in [2.45, 2.75) is 26.3 Å². The van der Waals surface area contributed by atoms with Crippen LogP contribution in [0.2, 0.25) is 0 Å². The zero-order valence-electron chi connectivity index (χ0n) is 7.64. The lowest BCUT2D eigenvalue weighted by atomic mass is 10.0. The lowest BCUT2D eigenvalue weighted by molar-refractivity contribution is 0.438. The summed E-state index contributed by atoms with van der Waals surface area (Å²) in [6.07, 6.45) is 3.01. The summed E-state index contributed by atoms with van der Waals surface area (Å²) >= 11 is 0. The summed E-state index contributed by atoms with van der Waals surface area (Å²) in [6.45, 7) is 9.63. The van der Waals surface area contributed by atoms with E-state index < -0.39 is 0 Å². The van der Waals surface area contributed by atoms with E-state index in [0.29, 0.717) is 18.5 Å². The standard InChI is InChI=1S/C9H20N2/c1-4-5-11-9(7-10)6-8(2)3/h4,8-9,11H,1,5-7,10H2,2-3H3. The van der Waals surface area contributed by atoms with Gasteiger partial charge in [-0.15, -0.1) is 6.58 Å². The summed E-state index contributed by atoms with van der Waals surface area (Å²) < 4.78 is 0. The molecule has 2 nitrogen and oxygen atoms in total. The fraction of sp³-hybridized carbons (Fsp3) is 0.778. The van der Waals surface area contributed by atoms with E-state index in [0.717, 1.165) is 13.0 Å². The Bertz CT molecular complexity index is 99.7. The highest BCUT2D eigenvalue weighted by molar-refractivity contribution is 4.76. The second-order valence-corrected chi connectivity index (χ2v) is 3.26. The molecule has 1 unspecified atom stereocenters. The Morgan fingerprint density at radius 1 is 1.55 bits per heavy atom. The van der Waals surface area contributed by atoms with Crippen LogP contribution in [0.4, 0.5) is 0 Å². The third kappa shape index (κ3) is 6.07. The minimum absolute atomic E-state index is 0.452. The molecule has 0 heterocycles. The van der Waals surface area contributed by atoms with Gasteiger partial charge < -0.3 is 11.1 Å². The lowest BCUT2D eigenvalue weighted by Gasteiger charge is -2.17. The topological polar surface area (TPSA) is 38.0 Å². The fourth-order valence-corrected chi connectivity index (χ4v) is 1.08. The van der Waals surface area contributed by atoms with Gasteiger partial charge in [-0.25, -0.2) is 0 Å². The number of rotatable bonds is 6. The minimum atomic E-state index is 0.452. The second kappa shape index (κ2) is 6.38. The molecule has 3 N–H and O–H groups in total. The summed E-state index contributed by atoms with van der Waals surface area (Å²) in [6, 6.07) is 0.452. The predicted molar refractivity (Wildman–Crippen MR) is 50.5 cm³/mol. The van der Waals surface area contributed by atoms with Gasteiger partial charge in [-0.2, -0.15) is 0 Å². The van der Waals surface area contributed by atoms with Crippen LogP contribution < -0.4 is 11.1 Å². The number of nitrogens with one attached hydrogen (secondary N) is 1. The molecule has 11 heavy (non-hydrogen) atoms. The van der Waals surface area contributed by atoms with E-state index in [1.807, 2.05) is 6.08 Å². The Hall–Kier alpha value is -0.340. The minimum Gasteiger partial charge on any atom is -0.329 e. The van der Waals surface area contributed by atoms with Gasteiger partial charge in [0.15, 0.2) is 0 Å². The zero-order valence-corrected chi connectivity index (χ0v) is 7.64. The average molecular weight is 156 g/mol. The van der Waals surface area contributed by atoms with Crippen LogP contribution >= 0.6 is 0 Å². The van der Waals surface area contributed by atoms with E-state index in [2.05, 4.69) is 25.7 Å². The molecule has 0 saturated heterocycles. The lowest BCUT2D eigenvalue weighted by Crippen LogP contribution is -2.37. The monoisotopic (exact) mass is 156 g/mol. The first-order chi connectivity index (χ1) is 5.20. The van der Waals surface area contributed by atoms with Crippen LogP contribution in [0.1, 0.15) is 20.3 Å². The second-order valence-electron chi connectivity index (χ2n) is 3.26. The first kappa shape index (κ1) is 10.7.